The van der Waals surface area contributed by atoms with E-state index < -0.39 is 11.2 Å². The third-order valence-electron chi connectivity index (χ3n) is 4.10. The first-order valence-corrected chi connectivity index (χ1v) is 8.19. The molecule has 9 nitrogen and oxygen atoms in total. The van der Waals surface area contributed by atoms with Crippen molar-refractivity contribution in [3.63, 3.8) is 0 Å². The monoisotopic (exact) mass is 368 g/mol. The number of fused-ring (bicyclic) bond motifs is 1. The van der Waals surface area contributed by atoms with Gasteiger partial charge in [-0.15, -0.1) is 0 Å². The van der Waals surface area contributed by atoms with Crippen LogP contribution in [0.5, 0.6) is 5.75 Å². The van der Waals surface area contributed by atoms with Crippen molar-refractivity contribution in [1.82, 2.24) is 18.7 Å². The first-order valence-electron chi connectivity index (χ1n) is 8.19. The molecule has 0 atom stereocenters. The predicted octanol–water partition coefficient (Wildman–Crippen LogP) is 0.981. The van der Waals surface area contributed by atoms with Crippen LogP contribution in [0.3, 0.4) is 0 Å². The summed E-state index contributed by atoms with van der Waals surface area (Å²) in [6.07, 6.45) is 3.30. The number of nitrogens with one attached hydrogen (secondary N) is 1. The summed E-state index contributed by atoms with van der Waals surface area (Å²) >= 11 is 0. The molecule has 0 aliphatic carbocycles. The molecule has 1 N–H and O–H groups in total. The summed E-state index contributed by atoms with van der Waals surface area (Å²) < 4.78 is 9.37. The highest BCUT2D eigenvalue weighted by Crippen LogP contribution is 2.14. The van der Waals surface area contributed by atoms with Crippen LogP contribution in [0.4, 0.5) is 5.95 Å². The van der Waals surface area contributed by atoms with Crippen LogP contribution in [0.2, 0.25) is 0 Å². The van der Waals surface area contributed by atoms with Gasteiger partial charge in [0.1, 0.15) is 12.4 Å². The Hall–Kier alpha value is -3.62. The van der Waals surface area contributed by atoms with Crippen LogP contribution in [0.1, 0.15) is 5.56 Å². The van der Waals surface area contributed by atoms with E-state index in [4.69, 9.17) is 4.74 Å². The molecule has 0 radical (unpaired) electrons. The lowest BCUT2D eigenvalue weighted by Crippen LogP contribution is -2.37. The van der Waals surface area contributed by atoms with Gasteiger partial charge in [0.25, 0.3) is 5.56 Å². The van der Waals surface area contributed by atoms with Crippen molar-refractivity contribution >= 4 is 23.3 Å². The molecule has 2 aromatic heterocycles. The van der Waals surface area contributed by atoms with Gasteiger partial charge in [0.05, 0.1) is 6.21 Å². The minimum Gasteiger partial charge on any atom is -0.490 e. The van der Waals surface area contributed by atoms with Crippen LogP contribution < -0.4 is 21.4 Å². The van der Waals surface area contributed by atoms with E-state index in [1.807, 2.05) is 24.3 Å². The van der Waals surface area contributed by atoms with Crippen LogP contribution in [0.25, 0.3) is 11.2 Å². The largest absolute Gasteiger partial charge is 0.490 e. The Balaban J connectivity index is 1.84. The van der Waals surface area contributed by atoms with E-state index in [9.17, 15) is 9.59 Å². The van der Waals surface area contributed by atoms with Gasteiger partial charge in [-0.1, -0.05) is 12.7 Å². The topological polar surface area (TPSA) is 95.4 Å². The average molecular weight is 368 g/mol. The van der Waals surface area contributed by atoms with Crippen molar-refractivity contribution in [2.75, 3.05) is 12.0 Å². The number of hydrogen-bond donors (Lipinski definition) is 1. The van der Waals surface area contributed by atoms with Crippen molar-refractivity contribution in [2.24, 2.45) is 26.2 Å². The van der Waals surface area contributed by atoms with Crippen molar-refractivity contribution in [1.29, 1.82) is 0 Å². The molecule has 1 aromatic carbocycles. The quantitative estimate of drug-likeness (QED) is 0.398. The van der Waals surface area contributed by atoms with Crippen LogP contribution in [-0.4, -0.2) is 31.5 Å². The molecule has 0 aliphatic rings. The molecule has 0 amide bonds. The highest BCUT2D eigenvalue weighted by Gasteiger charge is 2.16. The molecule has 0 saturated carbocycles. The Morgan fingerprint density at radius 3 is 2.52 bits per heavy atom. The highest BCUT2D eigenvalue weighted by molar-refractivity contribution is 5.80. The lowest BCUT2D eigenvalue weighted by molar-refractivity contribution is 0.363. The first-order chi connectivity index (χ1) is 12.9. The van der Waals surface area contributed by atoms with Gasteiger partial charge in [0.2, 0.25) is 5.95 Å². The van der Waals surface area contributed by atoms with E-state index in [1.165, 1.54) is 11.6 Å². The van der Waals surface area contributed by atoms with E-state index in [1.54, 1.807) is 31.0 Å². The molecule has 0 fully saturated rings. The van der Waals surface area contributed by atoms with Crippen LogP contribution in [0, 0.1) is 0 Å². The molecule has 9 heteroatoms. The van der Waals surface area contributed by atoms with Crippen molar-refractivity contribution in [2.45, 2.75) is 0 Å². The lowest BCUT2D eigenvalue weighted by Gasteiger charge is -2.03. The molecule has 0 spiro atoms. The first kappa shape index (κ1) is 18.2. The van der Waals surface area contributed by atoms with Gasteiger partial charge < -0.3 is 9.30 Å². The van der Waals surface area contributed by atoms with E-state index >= 15 is 0 Å². The molecule has 0 saturated heterocycles. The van der Waals surface area contributed by atoms with Crippen LogP contribution in [0.15, 0.2) is 51.6 Å². The number of hydrazone groups is 1. The van der Waals surface area contributed by atoms with E-state index in [2.05, 4.69) is 22.1 Å². The average Bonchev–Trinajstić information content (AvgIpc) is 3.00. The van der Waals surface area contributed by atoms with Crippen molar-refractivity contribution in [3.05, 3.63) is 63.3 Å². The maximum atomic E-state index is 12.3. The Morgan fingerprint density at radius 1 is 1.15 bits per heavy atom. The van der Waals surface area contributed by atoms with E-state index in [-0.39, 0.29) is 0 Å². The lowest BCUT2D eigenvalue weighted by atomic mass is 10.2. The normalized spacial score (nSPS) is 11.2. The second-order valence-electron chi connectivity index (χ2n) is 5.91. The number of benzene rings is 1. The maximum Gasteiger partial charge on any atom is 0.332 e. The van der Waals surface area contributed by atoms with Gasteiger partial charge in [-0.2, -0.15) is 10.1 Å². The molecule has 3 rings (SSSR count). The number of aromatic nitrogens is 4. The summed E-state index contributed by atoms with van der Waals surface area (Å²) in [6.45, 7) is 4.05. The van der Waals surface area contributed by atoms with Gasteiger partial charge in [-0.3, -0.25) is 13.9 Å². The third-order valence-corrected chi connectivity index (χ3v) is 4.10. The van der Waals surface area contributed by atoms with Gasteiger partial charge >= 0.3 is 5.69 Å². The molecule has 140 valence electrons. The number of anilines is 1. The summed E-state index contributed by atoms with van der Waals surface area (Å²) in [4.78, 5) is 28.7. The number of hydrogen-bond acceptors (Lipinski definition) is 6. The summed E-state index contributed by atoms with van der Waals surface area (Å²) in [5.41, 5.74) is 3.44. The zero-order valence-corrected chi connectivity index (χ0v) is 15.3. The highest BCUT2D eigenvalue weighted by atomic mass is 16.5. The molecule has 27 heavy (non-hydrogen) atoms. The minimum absolute atomic E-state index is 0.298. The summed E-state index contributed by atoms with van der Waals surface area (Å²) in [5.74, 6) is 1.10. The number of imidazole rings is 1. The van der Waals surface area contributed by atoms with Gasteiger partial charge in [-0.25, -0.2) is 10.2 Å². The summed E-state index contributed by atoms with van der Waals surface area (Å²) in [5, 5.41) is 4.15. The second kappa shape index (κ2) is 7.32. The van der Waals surface area contributed by atoms with Crippen molar-refractivity contribution < 1.29 is 4.74 Å². The summed E-state index contributed by atoms with van der Waals surface area (Å²) in [6, 6.07) is 7.38. The number of aryl methyl sites for hydroxylation is 2. The Kier molecular flexibility index (Phi) is 4.93. The Labute approximate surface area is 154 Å². The standard InChI is InChI=1S/C18H20N6O3/c1-5-10-27-13-8-6-12(7-9-13)11-19-21-17-20-15-14(22(17)2)16(25)24(4)18(26)23(15)3/h5-9,11H,1,10H2,2-4H3,(H,20,21)/b19-11-. The smallest absolute Gasteiger partial charge is 0.332 e. The van der Waals surface area contributed by atoms with Gasteiger partial charge in [0, 0.05) is 21.1 Å². The SMILES string of the molecule is C=CCOc1ccc(/C=N\Nc2nc3c(c(=O)n(C)c(=O)n3C)n2C)cc1. The van der Waals surface area contributed by atoms with Crippen LogP contribution in [-0.2, 0) is 21.1 Å². The Bertz CT molecular complexity index is 1140. The van der Waals surface area contributed by atoms with Crippen LogP contribution >= 0.6 is 0 Å². The minimum atomic E-state index is -0.431. The third kappa shape index (κ3) is 3.39. The molecule has 2 heterocycles. The fourth-order valence-electron chi connectivity index (χ4n) is 2.59. The summed E-state index contributed by atoms with van der Waals surface area (Å²) in [7, 11) is 4.69. The predicted molar refractivity (Wildman–Crippen MR) is 105 cm³/mol. The molecular formula is C18H20N6O3. The van der Waals surface area contributed by atoms with E-state index in [0.717, 1.165) is 15.9 Å². The Morgan fingerprint density at radius 2 is 1.85 bits per heavy atom. The van der Waals surface area contributed by atoms with Gasteiger partial charge in [0.15, 0.2) is 11.2 Å². The number of nitrogens with zero attached hydrogens (tertiary/aromatic N) is 5. The van der Waals surface area contributed by atoms with Crippen molar-refractivity contribution in [3.8, 4) is 5.75 Å². The molecule has 0 bridgehead atoms. The second-order valence-corrected chi connectivity index (χ2v) is 5.91. The zero-order valence-electron chi connectivity index (χ0n) is 15.3. The zero-order chi connectivity index (χ0) is 19.6. The number of ether oxygens (including phenoxy) is 1. The fourth-order valence-corrected chi connectivity index (χ4v) is 2.59. The molecule has 0 unspecified atom stereocenters. The fraction of sp³-hybridized carbons (Fsp3) is 0.222. The maximum absolute atomic E-state index is 12.3. The number of rotatable bonds is 6. The van der Waals surface area contributed by atoms with Gasteiger partial charge in [-0.05, 0) is 29.8 Å². The molecule has 3 aromatic rings. The molecule has 0 aliphatic heterocycles. The van der Waals surface area contributed by atoms with E-state index in [0.29, 0.717) is 23.7 Å². The molecular weight excluding hydrogens is 348 g/mol.